The Morgan fingerprint density at radius 1 is 1.39 bits per heavy atom. The SMILES string of the molecule is CNC1=C2CCCC(C)C2(C)CC(C(C)C)=C1N. The van der Waals surface area contributed by atoms with Gasteiger partial charge in [-0.2, -0.15) is 0 Å². The Balaban J connectivity index is 2.55. The summed E-state index contributed by atoms with van der Waals surface area (Å²) in [5.74, 6) is 1.30. The zero-order valence-electron chi connectivity index (χ0n) is 12.6. The van der Waals surface area contributed by atoms with Crippen molar-refractivity contribution in [1.29, 1.82) is 0 Å². The number of hydrogen-bond acceptors (Lipinski definition) is 2. The van der Waals surface area contributed by atoms with Crippen molar-refractivity contribution < 1.29 is 0 Å². The molecule has 0 bridgehead atoms. The van der Waals surface area contributed by atoms with Crippen LogP contribution in [0.25, 0.3) is 0 Å². The lowest BCUT2D eigenvalue weighted by Gasteiger charge is -2.47. The largest absolute Gasteiger partial charge is 0.397 e. The van der Waals surface area contributed by atoms with Crippen LogP contribution in [0.4, 0.5) is 0 Å². The van der Waals surface area contributed by atoms with Crippen LogP contribution in [0.15, 0.2) is 22.5 Å². The van der Waals surface area contributed by atoms with E-state index in [1.807, 2.05) is 7.05 Å². The fourth-order valence-electron chi connectivity index (χ4n) is 3.79. The third-order valence-corrected chi connectivity index (χ3v) is 5.26. The molecular formula is C16H28N2. The van der Waals surface area contributed by atoms with E-state index in [4.69, 9.17) is 5.73 Å². The van der Waals surface area contributed by atoms with Gasteiger partial charge >= 0.3 is 0 Å². The molecule has 0 amide bonds. The monoisotopic (exact) mass is 248 g/mol. The van der Waals surface area contributed by atoms with Crippen LogP contribution in [0.5, 0.6) is 0 Å². The van der Waals surface area contributed by atoms with E-state index in [-0.39, 0.29) is 0 Å². The van der Waals surface area contributed by atoms with Gasteiger partial charge in [-0.3, -0.25) is 0 Å². The van der Waals surface area contributed by atoms with Gasteiger partial charge in [-0.25, -0.2) is 0 Å². The molecule has 2 unspecified atom stereocenters. The maximum Gasteiger partial charge on any atom is 0.0568 e. The minimum atomic E-state index is 0.319. The average molecular weight is 248 g/mol. The number of rotatable bonds is 2. The Morgan fingerprint density at radius 3 is 2.61 bits per heavy atom. The fourth-order valence-corrected chi connectivity index (χ4v) is 3.79. The van der Waals surface area contributed by atoms with Gasteiger partial charge in [0.25, 0.3) is 0 Å². The molecular weight excluding hydrogens is 220 g/mol. The number of hydrogen-bond donors (Lipinski definition) is 2. The van der Waals surface area contributed by atoms with E-state index in [1.165, 1.54) is 30.5 Å². The van der Waals surface area contributed by atoms with Crippen LogP contribution in [0.3, 0.4) is 0 Å². The Bertz CT molecular complexity index is 403. The molecule has 1 saturated carbocycles. The van der Waals surface area contributed by atoms with E-state index in [0.717, 1.165) is 18.0 Å². The second-order valence-electron chi connectivity index (χ2n) is 6.58. The quantitative estimate of drug-likeness (QED) is 0.784. The zero-order valence-corrected chi connectivity index (χ0v) is 12.6. The van der Waals surface area contributed by atoms with Crippen LogP contribution in [0, 0.1) is 17.3 Å². The van der Waals surface area contributed by atoms with Gasteiger partial charge in [0, 0.05) is 7.05 Å². The molecule has 0 aromatic rings. The number of nitrogens with one attached hydrogen (secondary N) is 1. The molecule has 18 heavy (non-hydrogen) atoms. The standard InChI is InChI=1S/C16H28N2/c1-10(2)12-9-16(4)11(3)7-6-8-13(16)15(18-5)14(12)17/h10-11,18H,6-9,17H2,1-5H3. The summed E-state index contributed by atoms with van der Waals surface area (Å²) in [4.78, 5) is 0. The molecule has 2 atom stereocenters. The first-order valence-corrected chi connectivity index (χ1v) is 7.32. The van der Waals surface area contributed by atoms with Crippen LogP contribution in [0.2, 0.25) is 0 Å². The van der Waals surface area contributed by atoms with Crippen molar-refractivity contribution in [2.45, 2.75) is 53.4 Å². The number of allylic oxidation sites excluding steroid dienone is 2. The Labute approximate surface area is 112 Å². The smallest absolute Gasteiger partial charge is 0.0568 e. The molecule has 2 heteroatoms. The van der Waals surface area contributed by atoms with Crippen molar-refractivity contribution in [3.05, 3.63) is 22.5 Å². The molecule has 2 aliphatic carbocycles. The van der Waals surface area contributed by atoms with Crippen LogP contribution >= 0.6 is 0 Å². The van der Waals surface area contributed by atoms with Crippen molar-refractivity contribution in [3.63, 3.8) is 0 Å². The molecule has 0 aromatic heterocycles. The summed E-state index contributed by atoms with van der Waals surface area (Å²) in [5.41, 5.74) is 12.0. The minimum Gasteiger partial charge on any atom is -0.397 e. The third kappa shape index (κ3) is 1.86. The van der Waals surface area contributed by atoms with E-state index < -0.39 is 0 Å². The van der Waals surface area contributed by atoms with Gasteiger partial charge in [0.1, 0.15) is 0 Å². The van der Waals surface area contributed by atoms with Crippen LogP contribution < -0.4 is 11.1 Å². The molecule has 0 heterocycles. The highest BCUT2D eigenvalue weighted by Gasteiger charge is 2.43. The Hall–Kier alpha value is -0.920. The highest BCUT2D eigenvalue weighted by Crippen LogP contribution is 2.53. The van der Waals surface area contributed by atoms with Crippen molar-refractivity contribution in [2.75, 3.05) is 7.05 Å². The predicted molar refractivity (Wildman–Crippen MR) is 77.9 cm³/mol. The summed E-state index contributed by atoms with van der Waals surface area (Å²) in [5, 5.41) is 3.38. The highest BCUT2D eigenvalue weighted by atomic mass is 14.9. The zero-order chi connectivity index (χ0) is 13.5. The summed E-state index contributed by atoms with van der Waals surface area (Å²) < 4.78 is 0. The molecule has 0 aliphatic heterocycles. The van der Waals surface area contributed by atoms with Crippen molar-refractivity contribution in [3.8, 4) is 0 Å². The van der Waals surface area contributed by atoms with Gasteiger partial charge in [0.05, 0.1) is 11.4 Å². The molecule has 0 spiro atoms. The molecule has 102 valence electrons. The second kappa shape index (κ2) is 4.64. The lowest BCUT2D eigenvalue weighted by atomic mass is 9.58. The van der Waals surface area contributed by atoms with Gasteiger partial charge in [0.2, 0.25) is 0 Å². The van der Waals surface area contributed by atoms with E-state index >= 15 is 0 Å². The summed E-state index contributed by atoms with van der Waals surface area (Å²) in [6.45, 7) is 9.37. The lowest BCUT2D eigenvalue weighted by Crippen LogP contribution is -2.39. The normalized spacial score (nSPS) is 32.9. The van der Waals surface area contributed by atoms with Crippen molar-refractivity contribution in [2.24, 2.45) is 23.0 Å². The van der Waals surface area contributed by atoms with Gasteiger partial charge in [-0.1, -0.05) is 27.7 Å². The molecule has 2 nitrogen and oxygen atoms in total. The van der Waals surface area contributed by atoms with Crippen LogP contribution in [-0.2, 0) is 0 Å². The van der Waals surface area contributed by atoms with Gasteiger partial charge in [-0.15, -0.1) is 0 Å². The van der Waals surface area contributed by atoms with E-state index in [1.54, 1.807) is 5.57 Å². The second-order valence-corrected chi connectivity index (χ2v) is 6.58. The van der Waals surface area contributed by atoms with Gasteiger partial charge in [-0.05, 0) is 54.1 Å². The summed E-state index contributed by atoms with van der Waals surface area (Å²) in [7, 11) is 2.01. The maximum atomic E-state index is 6.41. The number of nitrogens with two attached hydrogens (primary N) is 1. The van der Waals surface area contributed by atoms with E-state index in [0.29, 0.717) is 11.3 Å². The molecule has 0 radical (unpaired) electrons. The summed E-state index contributed by atoms with van der Waals surface area (Å²) in [6.07, 6.45) is 5.02. The average Bonchev–Trinajstić information content (AvgIpc) is 2.31. The molecule has 0 saturated heterocycles. The maximum absolute atomic E-state index is 6.41. The fraction of sp³-hybridized carbons (Fsp3) is 0.750. The minimum absolute atomic E-state index is 0.319. The van der Waals surface area contributed by atoms with E-state index in [9.17, 15) is 0 Å². The Morgan fingerprint density at radius 2 is 2.06 bits per heavy atom. The van der Waals surface area contributed by atoms with Crippen molar-refractivity contribution in [1.82, 2.24) is 5.32 Å². The number of likely N-dealkylation sites (N-methyl/N-ethyl adjacent to an activating group) is 1. The first kappa shape index (κ1) is 13.5. The summed E-state index contributed by atoms with van der Waals surface area (Å²) >= 11 is 0. The molecule has 2 rings (SSSR count). The van der Waals surface area contributed by atoms with E-state index in [2.05, 4.69) is 33.0 Å². The number of fused-ring (bicyclic) bond motifs is 1. The first-order chi connectivity index (χ1) is 8.41. The molecule has 3 N–H and O–H groups in total. The predicted octanol–water partition coefficient (Wildman–Crippen LogP) is 3.56. The van der Waals surface area contributed by atoms with Gasteiger partial charge < -0.3 is 11.1 Å². The molecule has 0 aromatic carbocycles. The highest BCUT2D eigenvalue weighted by molar-refractivity contribution is 5.44. The topological polar surface area (TPSA) is 38.0 Å². The van der Waals surface area contributed by atoms with Crippen molar-refractivity contribution >= 4 is 0 Å². The van der Waals surface area contributed by atoms with Crippen LogP contribution in [-0.4, -0.2) is 7.05 Å². The first-order valence-electron chi connectivity index (χ1n) is 7.32. The molecule has 1 fully saturated rings. The molecule has 2 aliphatic rings. The summed E-state index contributed by atoms with van der Waals surface area (Å²) in [6, 6.07) is 0. The third-order valence-electron chi connectivity index (χ3n) is 5.26. The lowest BCUT2D eigenvalue weighted by molar-refractivity contribution is 0.187. The Kier molecular flexibility index (Phi) is 3.48. The van der Waals surface area contributed by atoms with Gasteiger partial charge in [0.15, 0.2) is 0 Å². The van der Waals surface area contributed by atoms with Crippen LogP contribution in [0.1, 0.15) is 53.4 Å².